The highest BCUT2D eigenvalue weighted by Crippen LogP contribution is 2.71. The zero-order valence-electron chi connectivity index (χ0n) is 24.6. The number of nitrogens with zero attached hydrogens (tertiary/aromatic N) is 1. The number of benzene rings is 1. The number of anilines is 1. The normalized spacial score (nSPS) is 37.7. The Kier molecular flexibility index (Phi) is 7.05. The van der Waals surface area contributed by atoms with Crippen molar-refractivity contribution in [3.63, 3.8) is 0 Å². The average Bonchev–Trinajstić information content (AvgIpc) is 3.13. The zero-order chi connectivity index (χ0) is 28.4. The summed E-state index contributed by atoms with van der Waals surface area (Å²) in [5.41, 5.74) is 1.57. The lowest BCUT2D eigenvalue weighted by molar-refractivity contribution is -0.139. The van der Waals surface area contributed by atoms with Crippen molar-refractivity contribution in [2.75, 3.05) is 11.4 Å². The van der Waals surface area contributed by atoms with Gasteiger partial charge in [0.15, 0.2) is 0 Å². The quantitative estimate of drug-likeness (QED) is 0.436. The van der Waals surface area contributed by atoms with Crippen LogP contribution in [0.4, 0.5) is 10.1 Å². The van der Waals surface area contributed by atoms with Gasteiger partial charge in [-0.1, -0.05) is 32.4 Å². The second kappa shape index (κ2) is 9.71. The number of carbonyl (C=O) groups excluding carboxylic acids is 2. The number of allylic oxidation sites excluding steroid dienone is 1. The van der Waals surface area contributed by atoms with Crippen molar-refractivity contribution in [2.45, 2.75) is 105 Å². The maximum absolute atomic E-state index is 14.4. The second-order valence-electron chi connectivity index (χ2n) is 14.7. The molecule has 0 bridgehead atoms. The van der Waals surface area contributed by atoms with Gasteiger partial charge in [0.2, 0.25) is 11.8 Å². The molecule has 0 spiro atoms. The first kappa shape index (κ1) is 28.3. The molecule has 7 atom stereocenters. The maximum atomic E-state index is 14.4. The molecule has 1 aromatic carbocycles. The monoisotopic (exact) mass is 538 g/mol. The van der Waals surface area contributed by atoms with E-state index >= 15 is 0 Å². The summed E-state index contributed by atoms with van der Waals surface area (Å²) in [5, 5.41) is 13.3. The summed E-state index contributed by atoms with van der Waals surface area (Å²) in [7, 11) is 0. The number of amides is 2. The third-order valence-electron chi connectivity index (χ3n) is 11.4. The number of aliphatic hydroxyl groups excluding tert-OH is 1. The summed E-state index contributed by atoms with van der Waals surface area (Å²) in [5.74, 6) is 0.283. The number of halogens is 1. The maximum Gasteiger partial charge on any atom is 0.240 e. The molecule has 0 aromatic heterocycles. The van der Waals surface area contributed by atoms with Gasteiger partial charge in [-0.15, -0.1) is 0 Å². The fourth-order valence-corrected chi connectivity index (χ4v) is 9.13. The van der Waals surface area contributed by atoms with Crippen LogP contribution in [0.15, 0.2) is 35.9 Å². The van der Waals surface area contributed by atoms with Crippen LogP contribution in [0.2, 0.25) is 0 Å². The highest BCUT2D eigenvalue weighted by Gasteiger charge is 2.66. The van der Waals surface area contributed by atoms with E-state index in [-0.39, 0.29) is 52.4 Å². The molecule has 0 aliphatic heterocycles. The molecular weight excluding hydrogens is 491 g/mol. The van der Waals surface area contributed by atoms with Gasteiger partial charge in [0, 0.05) is 17.1 Å². The largest absolute Gasteiger partial charge is 0.393 e. The Bertz CT molecular complexity index is 1160. The van der Waals surface area contributed by atoms with Gasteiger partial charge < -0.3 is 15.3 Å². The molecule has 2 N–H and O–H groups in total. The number of hydrogen-bond acceptors (Lipinski definition) is 3. The molecule has 214 valence electrons. The molecular formula is C33H47FN2O3. The molecule has 0 saturated heterocycles. The third-order valence-corrected chi connectivity index (χ3v) is 11.4. The molecule has 1 aromatic rings. The van der Waals surface area contributed by atoms with Crippen LogP contribution in [-0.4, -0.2) is 35.1 Å². The molecule has 0 heterocycles. The summed E-state index contributed by atoms with van der Waals surface area (Å²) in [6.45, 7) is 12.9. The van der Waals surface area contributed by atoms with Crippen molar-refractivity contribution in [1.29, 1.82) is 0 Å². The highest BCUT2D eigenvalue weighted by atomic mass is 19.1. The Morgan fingerprint density at radius 1 is 1.00 bits per heavy atom. The molecule has 3 saturated carbocycles. The van der Waals surface area contributed by atoms with Crippen LogP contribution in [0.1, 0.15) is 92.9 Å². The lowest BCUT2D eigenvalue weighted by Crippen LogP contribution is -2.57. The van der Waals surface area contributed by atoms with Crippen LogP contribution >= 0.6 is 0 Å². The smallest absolute Gasteiger partial charge is 0.240 e. The van der Waals surface area contributed by atoms with Crippen LogP contribution in [-0.2, 0) is 9.59 Å². The predicted molar refractivity (Wildman–Crippen MR) is 152 cm³/mol. The van der Waals surface area contributed by atoms with Gasteiger partial charge in [0.1, 0.15) is 12.4 Å². The zero-order valence-corrected chi connectivity index (χ0v) is 24.6. The van der Waals surface area contributed by atoms with Crippen LogP contribution < -0.4 is 10.2 Å². The minimum absolute atomic E-state index is 0.0134. The van der Waals surface area contributed by atoms with Gasteiger partial charge >= 0.3 is 0 Å². The number of fused-ring (bicyclic) bond motifs is 5. The van der Waals surface area contributed by atoms with Crippen molar-refractivity contribution in [1.82, 2.24) is 5.32 Å². The molecule has 6 heteroatoms. The minimum atomic E-state index is -0.413. The Labute approximate surface area is 233 Å². The van der Waals surface area contributed by atoms with Gasteiger partial charge in [-0.3, -0.25) is 9.59 Å². The standard InChI is InChI=1S/C33H47FN2O3/c1-30(2,3)35-28(38)20-36(23-10-8-22(34)9-11-23)29(39)27-15-18-32(5)26-12-7-21-19-24(37)13-16-31(21,4)25(26)14-17-33(27,32)6/h7-11,24-27,37H,12-20H2,1-6H3,(H,35,38)/t24-,25?,26?,27+,31-,32-,33+/m0/s1. The van der Waals surface area contributed by atoms with Gasteiger partial charge in [-0.2, -0.15) is 0 Å². The van der Waals surface area contributed by atoms with Gasteiger partial charge in [0.25, 0.3) is 0 Å². The third kappa shape index (κ3) is 4.75. The Morgan fingerprint density at radius 3 is 2.33 bits per heavy atom. The molecule has 2 amide bonds. The fourth-order valence-electron chi connectivity index (χ4n) is 9.13. The van der Waals surface area contributed by atoms with Crippen LogP contribution in [0.3, 0.4) is 0 Å². The van der Waals surface area contributed by atoms with Crippen LogP contribution in [0.5, 0.6) is 0 Å². The first-order chi connectivity index (χ1) is 18.2. The predicted octanol–water partition coefficient (Wildman–Crippen LogP) is 6.40. The molecule has 5 rings (SSSR count). The Hall–Kier alpha value is -2.21. The van der Waals surface area contributed by atoms with E-state index in [0.29, 0.717) is 17.5 Å². The summed E-state index contributed by atoms with van der Waals surface area (Å²) in [4.78, 5) is 29.1. The van der Waals surface area contributed by atoms with Crippen molar-refractivity contribution in [3.05, 3.63) is 41.7 Å². The first-order valence-electron chi connectivity index (χ1n) is 14.9. The van der Waals surface area contributed by atoms with Crippen molar-refractivity contribution >= 4 is 17.5 Å². The second-order valence-corrected chi connectivity index (χ2v) is 14.7. The Morgan fingerprint density at radius 2 is 1.67 bits per heavy atom. The van der Waals surface area contributed by atoms with E-state index in [1.54, 1.807) is 17.0 Å². The van der Waals surface area contributed by atoms with E-state index < -0.39 is 5.54 Å². The van der Waals surface area contributed by atoms with Gasteiger partial charge in [-0.25, -0.2) is 4.39 Å². The van der Waals surface area contributed by atoms with Crippen molar-refractivity contribution in [3.8, 4) is 0 Å². The van der Waals surface area contributed by atoms with Crippen molar-refractivity contribution < 1.29 is 19.1 Å². The van der Waals surface area contributed by atoms with E-state index in [4.69, 9.17) is 0 Å². The lowest BCUT2D eigenvalue weighted by Gasteiger charge is -2.62. The molecule has 39 heavy (non-hydrogen) atoms. The summed E-state index contributed by atoms with van der Waals surface area (Å²) < 4.78 is 13.8. The molecule has 3 fully saturated rings. The number of carbonyl (C=O) groups is 2. The minimum Gasteiger partial charge on any atom is -0.393 e. The summed E-state index contributed by atoms with van der Waals surface area (Å²) in [6, 6.07) is 5.93. The first-order valence-corrected chi connectivity index (χ1v) is 14.9. The number of aliphatic hydroxyl groups is 1. The number of rotatable bonds is 4. The van der Waals surface area contributed by atoms with E-state index in [0.717, 1.165) is 51.4 Å². The van der Waals surface area contributed by atoms with Crippen LogP contribution in [0, 0.1) is 39.8 Å². The van der Waals surface area contributed by atoms with E-state index in [9.17, 15) is 19.1 Å². The van der Waals surface area contributed by atoms with E-state index in [1.165, 1.54) is 17.7 Å². The number of hydrogen-bond donors (Lipinski definition) is 2. The molecule has 4 aliphatic carbocycles. The SMILES string of the molecule is CC(C)(C)NC(=O)CN(C(=O)[C@H]1CC[C@@]2(C)C3CC=C4C[C@@H](O)CC[C@]4(C)C3CC[C@]12C)c1ccc(F)cc1. The van der Waals surface area contributed by atoms with Gasteiger partial charge in [-0.05, 0) is 124 Å². The molecule has 2 unspecified atom stereocenters. The van der Waals surface area contributed by atoms with Gasteiger partial charge in [0.05, 0.1) is 6.10 Å². The van der Waals surface area contributed by atoms with E-state index in [1.807, 2.05) is 20.8 Å². The van der Waals surface area contributed by atoms with Crippen molar-refractivity contribution in [2.24, 2.45) is 34.0 Å². The molecule has 4 aliphatic rings. The highest BCUT2D eigenvalue weighted by molar-refractivity contribution is 6.00. The Balaban J connectivity index is 1.44. The number of nitrogens with one attached hydrogen (secondary N) is 1. The molecule has 5 nitrogen and oxygen atoms in total. The fraction of sp³-hybridized carbons (Fsp3) is 0.697. The topological polar surface area (TPSA) is 69.6 Å². The molecule has 0 radical (unpaired) electrons. The van der Waals surface area contributed by atoms with Crippen LogP contribution in [0.25, 0.3) is 0 Å². The van der Waals surface area contributed by atoms with E-state index in [2.05, 4.69) is 32.2 Å². The summed E-state index contributed by atoms with van der Waals surface area (Å²) in [6.07, 6.45) is 9.82. The summed E-state index contributed by atoms with van der Waals surface area (Å²) >= 11 is 0. The lowest BCUT2D eigenvalue weighted by atomic mass is 9.42. The average molecular weight is 539 g/mol.